The number of thioether (sulfide) groups is 1. The fourth-order valence-electron chi connectivity index (χ4n) is 2.16. The summed E-state index contributed by atoms with van der Waals surface area (Å²) in [6.07, 6.45) is 0. The first kappa shape index (κ1) is 15.1. The Kier molecular flexibility index (Phi) is 4.50. The Hall–Kier alpha value is -1.78. The number of benzene rings is 2. The van der Waals surface area contributed by atoms with Gasteiger partial charge in [0, 0.05) is 16.5 Å². The van der Waals surface area contributed by atoms with E-state index in [-0.39, 0.29) is 0 Å². The topological polar surface area (TPSA) is 30.7 Å². The molecular formula is C17H16ClN3S. The van der Waals surface area contributed by atoms with E-state index in [1.165, 1.54) is 11.1 Å². The van der Waals surface area contributed by atoms with Gasteiger partial charge in [-0.05, 0) is 43.7 Å². The standard InChI is InChI=1S/C17H16ClN3S/c1-12-3-9-16(10-4-12)21-13(2)19-20-17(21)22-11-14-5-7-15(18)8-6-14/h3-10H,11H2,1-2H3. The third kappa shape index (κ3) is 3.34. The summed E-state index contributed by atoms with van der Waals surface area (Å²) >= 11 is 7.59. The van der Waals surface area contributed by atoms with E-state index >= 15 is 0 Å². The molecule has 0 amide bonds. The number of aromatic nitrogens is 3. The van der Waals surface area contributed by atoms with E-state index in [1.54, 1.807) is 11.8 Å². The third-order valence-electron chi connectivity index (χ3n) is 3.37. The van der Waals surface area contributed by atoms with E-state index < -0.39 is 0 Å². The van der Waals surface area contributed by atoms with Crippen LogP contribution >= 0.6 is 23.4 Å². The van der Waals surface area contributed by atoms with E-state index in [0.29, 0.717) is 0 Å². The van der Waals surface area contributed by atoms with Crippen molar-refractivity contribution >= 4 is 23.4 Å². The molecule has 2 aromatic carbocycles. The lowest BCUT2D eigenvalue weighted by molar-refractivity contribution is 0.868. The van der Waals surface area contributed by atoms with Gasteiger partial charge in [0.15, 0.2) is 5.16 Å². The SMILES string of the molecule is Cc1ccc(-n2c(C)nnc2SCc2ccc(Cl)cc2)cc1. The first-order valence-corrected chi connectivity index (χ1v) is 8.36. The first-order chi connectivity index (χ1) is 10.6. The molecule has 0 aliphatic heterocycles. The Bertz CT molecular complexity index is 764. The monoisotopic (exact) mass is 329 g/mol. The van der Waals surface area contributed by atoms with Crippen LogP contribution in [0.1, 0.15) is 17.0 Å². The van der Waals surface area contributed by atoms with Crippen molar-refractivity contribution in [3.8, 4) is 5.69 Å². The summed E-state index contributed by atoms with van der Waals surface area (Å²) < 4.78 is 2.08. The van der Waals surface area contributed by atoms with Gasteiger partial charge >= 0.3 is 0 Å². The zero-order valence-electron chi connectivity index (χ0n) is 12.5. The lowest BCUT2D eigenvalue weighted by atomic mass is 10.2. The van der Waals surface area contributed by atoms with Crippen LogP contribution in [0.3, 0.4) is 0 Å². The summed E-state index contributed by atoms with van der Waals surface area (Å²) in [5.74, 6) is 1.73. The van der Waals surface area contributed by atoms with Crippen LogP contribution in [0.5, 0.6) is 0 Å². The van der Waals surface area contributed by atoms with Crippen molar-refractivity contribution in [3.63, 3.8) is 0 Å². The molecule has 0 bridgehead atoms. The minimum Gasteiger partial charge on any atom is -0.274 e. The van der Waals surface area contributed by atoms with E-state index in [0.717, 1.165) is 27.4 Å². The van der Waals surface area contributed by atoms with Crippen molar-refractivity contribution in [3.05, 3.63) is 70.5 Å². The number of halogens is 1. The Morgan fingerprint density at radius 2 is 1.64 bits per heavy atom. The van der Waals surface area contributed by atoms with E-state index in [4.69, 9.17) is 11.6 Å². The van der Waals surface area contributed by atoms with Crippen molar-refractivity contribution in [2.75, 3.05) is 0 Å². The summed E-state index contributed by atoms with van der Waals surface area (Å²) in [4.78, 5) is 0. The van der Waals surface area contributed by atoms with Crippen molar-refractivity contribution in [2.45, 2.75) is 24.8 Å². The average Bonchev–Trinajstić information content (AvgIpc) is 2.89. The zero-order valence-corrected chi connectivity index (χ0v) is 14.0. The Labute approximate surface area is 139 Å². The molecule has 5 heteroatoms. The van der Waals surface area contributed by atoms with Gasteiger partial charge in [-0.25, -0.2) is 0 Å². The number of aryl methyl sites for hydroxylation is 2. The lowest BCUT2D eigenvalue weighted by Gasteiger charge is -2.08. The highest BCUT2D eigenvalue weighted by Gasteiger charge is 2.11. The molecule has 0 radical (unpaired) electrons. The molecule has 0 fully saturated rings. The zero-order chi connectivity index (χ0) is 15.5. The minimum absolute atomic E-state index is 0.757. The maximum Gasteiger partial charge on any atom is 0.196 e. The number of nitrogens with zero attached hydrogens (tertiary/aromatic N) is 3. The second kappa shape index (κ2) is 6.55. The molecule has 3 rings (SSSR count). The van der Waals surface area contributed by atoms with Crippen LogP contribution in [0.15, 0.2) is 53.7 Å². The maximum absolute atomic E-state index is 5.92. The second-order valence-electron chi connectivity index (χ2n) is 5.12. The molecule has 3 aromatic rings. The van der Waals surface area contributed by atoms with Crippen LogP contribution < -0.4 is 0 Å². The third-order valence-corrected chi connectivity index (χ3v) is 4.62. The Balaban J connectivity index is 1.83. The van der Waals surface area contributed by atoms with E-state index in [2.05, 4.69) is 46.0 Å². The molecule has 1 heterocycles. The second-order valence-corrected chi connectivity index (χ2v) is 6.49. The van der Waals surface area contributed by atoms with Gasteiger partial charge in [-0.1, -0.05) is 53.2 Å². The van der Waals surface area contributed by atoms with Crippen molar-refractivity contribution in [1.82, 2.24) is 14.8 Å². The molecular weight excluding hydrogens is 314 g/mol. The fourth-order valence-corrected chi connectivity index (χ4v) is 3.24. The molecule has 112 valence electrons. The summed E-state index contributed by atoms with van der Waals surface area (Å²) in [7, 11) is 0. The predicted octanol–water partition coefficient (Wildman–Crippen LogP) is 4.83. The number of hydrogen-bond acceptors (Lipinski definition) is 3. The van der Waals surface area contributed by atoms with E-state index in [1.807, 2.05) is 31.2 Å². The van der Waals surface area contributed by atoms with Gasteiger partial charge in [0.05, 0.1) is 0 Å². The minimum atomic E-state index is 0.757. The first-order valence-electron chi connectivity index (χ1n) is 7.00. The normalized spacial score (nSPS) is 10.9. The average molecular weight is 330 g/mol. The summed E-state index contributed by atoms with van der Waals surface area (Å²) in [6.45, 7) is 4.05. The van der Waals surface area contributed by atoms with Gasteiger partial charge in [-0.15, -0.1) is 10.2 Å². The number of rotatable bonds is 4. The fraction of sp³-hybridized carbons (Fsp3) is 0.176. The quantitative estimate of drug-likeness (QED) is 0.642. The molecule has 0 saturated carbocycles. The molecule has 0 saturated heterocycles. The van der Waals surface area contributed by atoms with Gasteiger partial charge in [0.25, 0.3) is 0 Å². The van der Waals surface area contributed by atoms with Gasteiger partial charge < -0.3 is 0 Å². The largest absolute Gasteiger partial charge is 0.274 e. The van der Waals surface area contributed by atoms with Crippen LogP contribution in [0.4, 0.5) is 0 Å². The molecule has 0 aliphatic rings. The molecule has 0 spiro atoms. The molecule has 0 unspecified atom stereocenters. The van der Waals surface area contributed by atoms with Crippen LogP contribution in [0.2, 0.25) is 5.02 Å². The van der Waals surface area contributed by atoms with Gasteiger partial charge in [-0.2, -0.15) is 0 Å². The molecule has 0 aliphatic carbocycles. The van der Waals surface area contributed by atoms with Gasteiger partial charge in [-0.3, -0.25) is 4.57 Å². The highest BCUT2D eigenvalue weighted by molar-refractivity contribution is 7.98. The highest BCUT2D eigenvalue weighted by Crippen LogP contribution is 2.25. The Morgan fingerprint density at radius 1 is 0.955 bits per heavy atom. The van der Waals surface area contributed by atoms with Crippen LogP contribution in [-0.2, 0) is 5.75 Å². The Morgan fingerprint density at radius 3 is 2.32 bits per heavy atom. The van der Waals surface area contributed by atoms with E-state index in [9.17, 15) is 0 Å². The molecule has 22 heavy (non-hydrogen) atoms. The van der Waals surface area contributed by atoms with Crippen molar-refractivity contribution in [2.24, 2.45) is 0 Å². The lowest BCUT2D eigenvalue weighted by Crippen LogP contribution is -1.99. The molecule has 0 N–H and O–H groups in total. The summed E-state index contributed by atoms with van der Waals surface area (Å²) in [5, 5.41) is 10.2. The smallest absolute Gasteiger partial charge is 0.196 e. The summed E-state index contributed by atoms with van der Waals surface area (Å²) in [5.41, 5.74) is 3.54. The van der Waals surface area contributed by atoms with Gasteiger partial charge in [0.2, 0.25) is 0 Å². The molecule has 0 atom stereocenters. The van der Waals surface area contributed by atoms with Crippen LogP contribution in [-0.4, -0.2) is 14.8 Å². The molecule has 1 aromatic heterocycles. The van der Waals surface area contributed by atoms with Crippen LogP contribution in [0.25, 0.3) is 5.69 Å². The van der Waals surface area contributed by atoms with Crippen LogP contribution in [0, 0.1) is 13.8 Å². The van der Waals surface area contributed by atoms with Gasteiger partial charge in [0.1, 0.15) is 5.82 Å². The highest BCUT2D eigenvalue weighted by atomic mass is 35.5. The van der Waals surface area contributed by atoms with Crippen molar-refractivity contribution < 1.29 is 0 Å². The molecule has 3 nitrogen and oxygen atoms in total. The van der Waals surface area contributed by atoms with Crippen molar-refractivity contribution in [1.29, 1.82) is 0 Å². The maximum atomic E-state index is 5.92. The predicted molar refractivity (Wildman–Crippen MR) is 91.8 cm³/mol. The summed E-state index contributed by atoms with van der Waals surface area (Å²) in [6, 6.07) is 16.3. The number of hydrogen-bond donors (Lipinski definition) is 0.